The van der Waals surface area contributed by atoms with Gasteiger partial charge in [0.15, 0.2) is 0 Å². The molecule has 0 heterocycles. The minimum atomic E-state index is -0.796. The first-order valence-corrected chi connectivity index (χ1v) is 3.83. The maximum absolute atomic E-state index is 10.7. The van der Waals surface area contributed by atoms with Crippen LogP contribution >= 0.6 is 0 Å². The summed E-state index contributed by atoms with van der Waals surface area (Å²) in [6.07, 6.45) is 1.96. The molecule has 0 amide bonds. The Balaban J connectivity index is 4.16. The Bertz CT molecular complexity index is 229. The predicted molar refractivity (Wildman–Crippen MR) is 47.3 cm³/mol. The molecule has 0 fully saturated rings. The van der Waals surface area contributed by atoms with Gasteiger partial charge in [0.05, 0.1) is 0 Å². The van der Waals surface area contributed by atoms with Crippen molar-refractivity contribution in [3.8, 4) is 0 Å². The summed E-state index contributed by atoms with van der Waals surface area (Å²) >= 11 is 0. The number of nitrogens with zero attached hydrogens (tertiary/aromatic N) is 1. The summed E-state index contributed by atoms with van der Waals surface area (Å²) < 4.78 is 4.72. The topological polar surface area (TPSA) is 55.7 Å². The average molecular weight is 182 g/mol. The Labute approximate surface area is 77.3 Å². The molecule has 0 aliphatic heterocycles. The van der Waals surface area contributed by atoms with Gasteiger partial charge in [0.1, 0.15) is 0 Å². The van der Waals surface area contributed by atoms with Gasteiger partial charge in [0, 0.05) is 12.5 Å². The fourth-order valence-electron chi connectivity index (χ4n) is 0.712. The summed E-state index contributed by atoms with van der Waals surface area (Å²) in [5.74, 6) is -0.565. The molecule has 4 heteroatoms. The van der Waals surface area contributed by atoms with Crippen LogP contribution in [0.25, 0.3) is 0 Å². The Morgan fingerprint density at radius 2 is 2.38 bits per heavy atom. The molecule has 0 spiro atoms. The lowest BCUT2D eigenvalue weighted by molar-refractivity contribution is -0.143. The fraction of sp³-hybridized carbons (Fsp3) is 0.444. The van der Waals surface area contributed by atoms with E-state index in [9.17, 15) is 9.59 Å². The second kappa shape index (κ2) is 6.14. The van der Waals surface area contributed by atoms with Crippen LogP contribution < -0.4 is 0 Å². The van der Waals surface area contributed by atoms with Gasteiger partial charge >= 0.3 is 5.97 Å². The standard InChI is InChI=1S/C9H12NO3/c1-4-9(12)13-8(10-6-11)5-7(2)3/h4,7-8H,1-2,5H2,3H3. The molecule has 1 radical (unpaired) electrons. The molecular formula is C9H12NO3. The van der Waals surface area contributed by atoms with Crippen LogP contribution in [0.15, 0.2) is 17.6 Å². The van der Waals surface area contributed by atoms with Crippen LogP contribution in [0, 0.1) is 12.8 Å². The molecule has 0 saturated carbocycles. The van der Waals surface area contributed by atoms with E-state index < -0.39 is 12.2 Å². The molecule has 0 aliphatic carbocycles. The molecule has 0 aromatic carbocycles. The summed E-state index contributed by atoms with van der Waals surface area (Å²) in [6.45, 7) is 8.74. The van der Waals surface area contributed by atoms with Gasteiger partial charge in [-0.15, -0.1) is 0 Å². The van der Waals surface area contributed by atoms with E-state index in [1.54, 1.807) is 0 Å². The maximum Gasteiger partial charge on any atom is 0.332 e. The Hall–Kier alpha value is -1.41. The zero-order valence-electron chi connectivity index (χ0n) is 7.53. The summed E-state index contributed by atoms with van der Waals surface area (Å²) in [5, 5.41) is 0. The lowest BCUT2D eigenvalue weighted by atomic mass is 10.1. The molecule has 0 rings (SSSR count). The summed E-state index contributed by atoms with van der Waals surface area (Å²) in [5.41, 5.74) is 0. The molecule has 2 unspecified atom stereocenters. The zero-order valence-corrected chi connectivity index (χ0v) is 7.53. The number of isocyanates is 1. The normalized spacial score (nSPS) is 11.6. The molecule has 2 atom stereocenters. The quantitative estimate of drug-likeness (QED) is 0.278. The molecule has 0 bridgehead atoms. The molecule has 71 valence electrons. The van der Waals surface area contributed by atoms with Gasteiger partial charge in [-0.3, -0.25) is 0 Å². The minimum Gasteiger partial charge on any atom is -0.436 e. The number of aliphatic imine (C=N–C) groups is 1. The third-order valence-electron chi connectivity index (χ3n) is 1.22. The molecule has 0 aromatic heterocycles. The van der Waals surface area contributed by atoms with E-state index in [0.29, 0.717) is 6.42 Å². The smallest absolute Gasteiger partial charge is 0.332 e. The average Bonchev–Trinajstić information content (AvgIpc) is 2.03. The van der Waals surface area contributed by atoms with Crippen molar-refractivity contribution in [3.63, 3.8) is 0 Å². The van der Waals surface area contributed by atoms with Gasteiger partial charge in [0.25, 0.3) is 0 Å². The van der Waals surface area contributed by atoms with E-state index in [-0.39, 0.29) is 5.92 Å². The highest BCUT2D eigenvalue weighted by Gasteiger charge is 2.12. The first-order chi connectivity index (χ1) is 6.10. The predicted octanol–water partition coefficient (Wildman–Crippen LogP) is 1.24. The van der Waals surface area contributed by atoms with Crippen molar-refractivity contribution in [2.75, 3.05) is 0 Å². The lowest BCUT2D eigenvalue weighted by Crippen LogP contribution is -2.16. The third-order valence-corrected chi connectivity index (χ3v) is 1.22. The van der Waals surface area contributed by atoms with Crippen LogP contribution in [-0.2, 0) is 14.3 Å². The molecule has 0 aromatic rings. The zero-order chi connectivity index (χ0) is 10.3. The Morgan fingerprint density at radius 3 is 2.77 bits per heavy atom. The van der Waals surface area contributed by atoms with Gasteiger partial charge in [-0.1, -0.05) is 20.4 Å². The van der Waals surface area contributed by atoms with Gasteiger partial charge in [-0.05, 0) is 5.92 Å². The number of hydrogen-bond acceptors (Lipinski definition) is 4. The van der Waals surface area contributed by atoms with Crippen LogP contribution in [-0.4, -0.2) is 18.3 Å². The molecule has 13 heavy (non-hydrogen) atoms. The first-order valence-electron chi connectivity index (χ1n) is 3.83. The monoisotopic (exact) mass is 182 g/mol. The van der Waals surface area contributed by atoms with Crippen LogP contribution in [0.2, 0.25) is 0 Å². The van der Waals surface area contributed by atoms with Crippen molar-refractivity contribution < 1.29 is 14.3 Å². The highest BCUT2D eigenvalue weighted by atomic mass is 16.6. The van der Waals surface area contributed by atoms with Crippen LogP contribution in [0.5, 0.6) is 0 Å². The van der Waals surface area contributed by atoms with Crippen molar-refractivity contribution in [2.24, 2.45) is 10.9 Å². The number of ether oxygens (including phenoxy) is 1. The third kappa shape index (κ3) is 5.82. The number of carbonyl (C=O) groups excluding carboxylic acids is 2. The maximum atomic E-state index is 10.7. The van der Waals surface area contributed by atoms with Gasteiger partial charge in [0.2, 0.25) is 12.3 Å². The van der Waals surface area contributed by atoms with E-state index in [0.717, 1.165) is 6.08 Å². The molecule has 4 nitrogen and oxygen atoms in total. The summed E-state index contributed by atoms with van der Waals surface area (Å²) in [4.78, 5) is 24.0. The van der Waals surface area contributed by atoms with Crippen molar-refractivity contribution in [2.45, 2.75) is 19.6 Å². The number of carbonyl (C=O) groups is 1. The van der Waals surface area contributed by atoms with Crippen molar-refractivity contribution in [1.29, 1.82) is 0 Å². The highest BCUT2D eigenvalue weighted by molar-refractivity contribution is 5.81. The second-order valence-corrected chi connectivity index (χ2v) is 2.66. The van der Waals surface area contributed by atoms with Gasteiger partial charge in [-0.2, -0.15) is 4.99 Å². The Morgan fingerprint density at radius 1 is 1.77 bits per heavy atom. The fourth-order valence-corrected chi connectivity index (χ4v) is 0.712. The largest absolute Gasteiger partial charge is 0.436 e. The summed E-state index contributed by atoms with van der Waals surface area (Å²) in [6, 6.07) is 0. The SMILES string of the molecule is [CH2]C(C)CC(N=C=O)OC(=O)C=C. The number of hydrogen-bond donors (Lipinski definition) is 0. The first kappa shape index (κ1) is 11.6. The van der Waals surface area contributed by atoms with E-state index in [1.807, 2.05) is 6.92 Å². The molecular weight excluding hydrogens is 170 g/mol. The van der Waals surface area contributed by atoms with Crippen LogP contribution in [0.3, 0.4) is 0 Å². The number of rotatable bonds is 5. The number of esters is 1. The van der Waals surface area contributed by atoms with E-state index in [4.69, 9.17) is 4.74 Å². The van der Waals surface area contributed by atoms with Gasteiger partial charge < -0.3 is 4.74 Å². The second-order valence-electron chi connectivity index (χ2n) is 2.66. The van der Waals surface area contributed by atoms with Crippen molar-refractivity contribution in [1.82, 2.24) is 0 Å². The van der Waals surface area contributed by atoms with Crippen LogP contribution in [0.4, 0.5) is 0 Å². The molecule has 0 N–H and O–H groups in total. The van der Waals surface area contributed by atoms with Crippen molar-refractivity contribution in [3.05, 3.63) is 19.6 Å². The van der Waals surface area contributed by atoms with Crippen molar-refractivity contribution >= 4 is 12.0 Å². The molecule has 0 aliphatic rings. The van der Waals surface area contributed by atoms with Gasteiger partial charge in [-0.25, -0.2) is 9.59 Å². The minimum absolute atomic E-state index is 0.0414. The lowest BCUT2D eigenvalue weighted by Gasteiger charge is -2.12. The summed E-state index contributed by atoms with van der Waals surface area (Å²) in [7, 11) is 0. The van der Waals surface area contributed by atoms with E-state index >= 15 is 0 Å². The van der Waals surface area contributed by atoms with Crippen LogP contribution in [0.1, 0.15) is 13.3 Å². The Kier molecular flexibility index (Phi) is 5.48. The molecule has 0 saturated heterocycles. The van der Waals surface area contributed by atoms with E-state index in [2.05, 4.69) is 18.5 Å². The van der Waals surface area contributed by atoms with E-state index in [1.165, 1.54) is 6.08 Å². The highest BCUT2D eigenvalue weighted by Crippen LogP contribution is 2.08.